The Morgan fingerprint density at radius 3 is 1.15 bits per heavy atom. The molecule has 2 aliphatic rings. The lowest BCUT2D eigenvalue weighted by molar-refractivity contribution is -0.150. The third-order valence-corrected chi connectivity index (χ3v) is 3.76. The van der Waals surface area contributed by atoms with Crippen molar-refractivity contribution in [2.75, 3.05) is 0 Å². The van der Waals surface area contributed by atoms with Crippen molar-refractivity contribution in [2.45, 2.75) is 38.5 Å². The van der Waals surface area contributed by atoms with E-state index in [1.807, 2.05) is 0 Å². The van der Waals surface area contributed by atoms with Gasteiger partial charge in [-0.1, -0.05) is 0 Å². The summed E-state index contributed by atoms with van der Waals surface area (Å²) in [5, 5.41) is 16.6. The van der Waals surface area contributed by atoms with Crippen molar-refractivity contribution in [1.29, 1.82) is 0 Å². The molecule has 0 aromatic rings. The standard InChI is InChI=1S/2C6H8F2O2/c2*7-5(8)3-1-4(2-3)6(9)10/h2*3-5H,1-2H2,(H,9,10). The van der Waals surface area contributed by atoms with Crippen molar-refractivity contribution >= 4 is 11.9 Å². The highest BCUT2D eigenvalue weighted by molar-refractivity contribution is 5.71. The topological polar surface area (TPSA) is 74.6 Å². The molecule has 0 spiro atoms. The molecule has 2 N–H and O–H groups in total. The van der Waals surface area contributed by atoms with Crippen molar-refractivity contribution in [3.8, 4) is 0 Å². The summed E-state index contributed by atoms with van der Waals surface area (Å²) in [7, 11) is 0. The number of halogens is 4. The van der Waals surface area contributed by atoms with Crippen LogP contribution in [0.4, 0.5) is 17.6 Å². The summed E-state index contributed by atoms with van der Waals surface area (Å²) in [5.74, 6) is -4.26. The summed E-state index contributed by atoms with van der Waals surface area (Å²) in [6.45, 7) is 0. The molecule has 0 atom stereocenters. The summed E-state index contributed by atoms with van der Waals surface area (Å²) in [4.78, 5) is 20.2. The summed E-state index contributed by atoms with van der Waals surface area (Å²) in [6.07, 6.45) is -4.09. The van der Waals surface area contributed by atoms with Crippen LogP contribution in [0.15, 0.2) is 0 Å². The van der Waals surface area contributed by atoms with Gasteiger partial charge in [-0.15, -0.1) is 0 Å². The van der Waals surface area contributed by atoms with Crippen LogP contribution in [-0.4, -0.2) is 35.0 Å². The summed E-state index contributed by atoms with van der Waals surface area (Å²) in [5.41, 5.74) is 0. The van der Waals surface area contributed by atoms with Crippen LogP contribution in [0.1, 0.15) is 25.7 Å². The van der Waals surface area contributed by atoms with E-state index in [2.05, 4.69) is 0 Å². The van der Waals surface area contributed by atoms with Crippen molar-refractivity contribution < 1.29 is 37.4 Å². The molecule has 0 aromatic carbocycles. The van der Waals surface area contributed by atoms with Crippen LogP contribution in [0.5, 0.6) is 0 Å². The Labute approximate surface area is 112 Å². The fourth-order valence-corrected chi connectivity index (χ4v) is 2.14. The lowest BCUT2D eigenvalue weighted by atomic mass is 9.75. The summed E-state index contributed by atoms with van der Waals surface area (Å²) < 4.78 is 46.9. The van der Waals surface area contributed by atoms with Gasteiger partial charge in [-0.2, -0.15) is 0 Å². The van der Waals surface area contributed by atoms with Crippen molar-refractivity contribution in [3.63, 3.8) is 0 Å². The molecule has 2 saturated carbocycles. The second kappa shape index (κ2) is 6.90. The van der Waals surface area contributed by atoms with Gasteiger partial charge in [0.15, 0.2) is 0 Å². The maximum absolute atomic E-state index is 11.7. The smallest absolute Gasteiger partial charge is 0.306 e. The first kappa shape index (κ1) is 16.7. The number of hydrogen-bond donors (Lipinski definition) is 2. The van der Waals surface area contributed by atoms with Crippen LogP contribution in [0, 0.1) is 23.7 Å². The quantitative estimate of drug-likeness (QED) is 0.783. The molecule has 20 heavy (non-hydrogen) atoms. The highest BCUT2D eigenvalue weighted by Gasteiger charge is 2.40. The minimum atomic E-state index is -2.34. The number of aliphatic carboxylic acids is 2. The molecule has 0 saturated heterocycles. The zero-order valence-electron chi connectivity index (χ0n) is 10.5. The highest BCUT2D eigenvalue weighted by Crippen LogP contribution is 2.38. The van der Waals surface area contributed by atoms with Crippen LogP contribution >= 0.6 is 0 Å². The van der Waals surface area contributed by atoms with Gasteiger partial charge in [0.2, 0.25) is 12.9 Å². The molecule has 116 valence electrons. The van der Waals surface area contributed by atoms with Gasteiger partial charge in [-0.05, 0) is 25.7 Å². The molecular formula is C12H16F4O4. The van der Waals surface area contributed by atoms with E-state index < -0.39 is 48.5 Å². The van der Waals surface area contributed by atoms with Crippen LogP contribution in [0.25, 0.3) is 0 Å². The second-order valence-corrected chi connectivity index (χ2v) is 5.20. The Hall–Kier alpha value is -1.34. The first-order valence-electron chi connectivity index (χ1n) is 6.24. The monoisotopic (exact) mass is 300 g/mol. The Bertz CT molecular complexity index is 315. The molecule has 0 bridgehead atoms. The van der Waals surface area contributed by atoms with Gasteiger partial charge >= 0.3 is 11.9 Å². The molecule has 4 nitrogen and oxygen atoms in total. The van der Waals surface area contributed by atoms with Crippen LogP contribution in [0.3, 0.4) is 0 Å². The number of carboxylic acids is 2. The van der Waals surface area contributed by atoms with E-state index in [-0.39, 0.29) is 25.7 Å². The molecular weight excluding hydrogens is 284 g/mol. The van der Waals surface area contributed by atoms with E-state index in [1.54, 1.807) is 0 Å². The molecule has 0 heterocycles. The predicted molar refractivity (Wildman–Crippen MR) is 59.7 cm³/mol. The normalized spacial score (nSPS) is 31.9. The van der Waals surface area contributed by atoms with E-state index >= 15 is 0 Å². The zero-order chi connectivity index (χ0) is 15.4. The predicted octanol–water partition coefficient (Wildman–Crippen LogP) is 2.72. The molecule has 2 rings (SSSR count). The number of carbonyl (C=O) groups is 2. The Morgan fingerprint density at radius 1 is 0.750 bits per heavy atom. The molecule has 0 aliphatic heterocycles. The van der Waals surface area contributed by atoms with E-state index in [0.717, 1.165) is 0 Å². The van der Waals surface area contributed by atoms with Crippen molar-refractivity contribution in [2.24, 2.45) is 23.7 Å². The molecule has 0 unspecified atom stereocenters. The van der Waals surface area contributed by atoms with Gasteiger partial charge in [0.25, 0.3) is 0 Å². The number of carboxylic acid groups (broad SMARTS) is 2. The minimum Gasteiger partial charge on any atom is -0.481 e. The van der Waals surface area contributed by atoms with Gasteiger partial charge in [0.05, 0.1) is 11.8 Å². The molecule has 0 radical (unpaired) electrons. The van der Waals surface area contributed by atoms with Gasteiger partial charge in [0.1, 0.15) is 0 Å². The highest BCUT2D eigenvalue weighted by atomic mass is 19.3. The zero-order valence-corrected chi connectivity index (χ0v) is 10.5. The van der Waals surface area contributed by atoms with E-state index in [0.29, 0.717) is 0 Å². The third-order valence-electron chi connectivity index (χ3n) is 3.76. The van der Waals surface area contributed by atoms with E-state index in [1.165, 1.54) is 0 Å². The first-order chi connectivity index (χ1) is 9.22. The maximum Gasteiger partial charge on any atom is 0.306 e. The Balaban J connectivity index is 0.000000200. The van der Waals surface area contributed by atoms with Crippen LogP contribution in [-0.2, 0) is 9.59 Å². The largest absolute Gasteiger partial charge is 0.481 e. The number of rotatable bonds is 4. The number of alkyl halides is 4. The number of hydrogen-bond acceptors (Lipinski definition) is 2. The molecule has 8 heteroatoms. The summed E-state index contributed by atoms with van der Waals surface area (Å²) >= 11 is 0. The Kier molecular flexibility index (Phi) is 5.76. The average molecular weight is 300 g/mol. The lowest BCUT2D eigenvalue weighted by Crippen LogP contribution is -2.34. The van der Waals surface area contributed by atoms with E-state index in [9.17, 15) is 27.2 Å². The molecule has 2 aliphatic carbocycles. The first-order valence-corrected chi connectivity index (χ1v) is 6.24. The third kappa shape index (κ3) is 4.35. The molecule has 0 amide bonds. The minimum absolute atomic E-state index is 0.146. The summed E-state index contributed by atoms with van der Waals surface area (Å²) in [6, 6.07) is 0. The van der Waals surface area contributed by atoms with Gasteiger partial charge in [-0.25, -0.2) is 17.6 Å². The molecule has 2 fully saturated rings. The van der Waals surface area contributed by atoms with Gasteiger partial charge in [0, 0.05) is 11.8 Å². The SMILES string of the molecule is O=C(O)C1CC(C(F)F)C1.O=C(O)C1CC(C(F)F)C1. The van der Waals surface area contributed by atoms with Crippen LogP contribution in [0.2, 0.25) is 0 Å². The van der Waals surface area contributed by atoms with Crippen molar-refractivity contribution in [3.05, 3.63) is 0 Å². The van der Waals surface area contributed by atoms with Gasteiger partial charge < -0.3 is 10.2 Å². The second-order valence-electron chi connectivity index (χ2n) is 5.20. The van der Waals surface area contributed by atoms with Crippen LogP contribution < -0.4 is 0 Å². The lowest BCUT2D eigenvalue weighted by Gasteiger charge is -2.31. The Morgan fingerprint density at radius 2 is 1.00 bits per heavy atom. The molecule has 0 aromatic heterocycles. The van der Waals surface area contributed by atoms with Crippen molar-refractivity contribution in [1.82, 2.24) is 0 Å². The fraction of sp³-hybridized carbons (Fsp3) is 0.833. The van der Waals surface area contributed by atoms with Gasteiger partial charge in [-0.3, -0.25) is 9.59 Å². The maximum atomic E-state index is 11.7. The van der Waals surface area contributed by atoms with E-state index in [4.69, 9.17) is 10.2 Å². The average Bonchev–Trinajstić information content (AvgIpc) is 2.09. The fourth-order valence-electron chi connectivity index (χ4n) is 2.14.